The average molecular weight is 489 g/mol. The quantitative estimate of drug-likeness (QED) is 0.254. The van der Waals surface area contributed by atoms with Crippen LogP contribution in [0.15, 0.2) is 71.8 Å². The summed E-state index contributed by atoms with van der Waals surface area (Å²) >= 11 is 0. The summed E-state index contributed by atoms with van der Waals surface area (Å²) in [5.41, 5.74) is 5.41. The Morgan fingerprint density at radius 1 is 0.944 bits per heavy atom. The Kier molecular flexibility index (Phi) is 7.76. The van der Waals surface area contributed by atoms with Gasteiger partial charge in [0.25, 0.3) is 5.91 Å². The molecule has 10 nitrogen and oxygen atoms in total. The zero-order valence-corrected chi connectivity index (χ0v) is 19.4. The van der Waals surface area contributed by atoms with Crippen LogP contribution in [-0.4, -0.2) is 37.3 Å². The third-order valence-corrected chi connectivity index (χ3v) is 5.06. The zero-order chi connectivity index (χ0) is 25.3. The smallest absolute Gasteiger partial charge is 0.329 e. The number of carbonyl (C=O) groups excluding carboxylic acids is 3. The van der Waals surface area contributed by atoms with Gasteiger partial charge in [-0.3, -0.25) is 14.4 Å². The van der Waals surface area contributed by atoms with Crippen LogP contribution in [0.2, 0.25) is 0 Å². The van der Waals surface area contributed by atoms with E-state index < -0.39 is 11.8 Å². The maximum Gasteiger partial charge on any atom is 0.329 e. The van der Waals surface area contributed by atoms with Crippen molar-refractivity contribution in [2.75, 3.05) is 18.7 Å². The van der Waals surface area contributed by atoms with E-state index in [1.807, 2.05) is 31.2 Å². The first-order valence-corrected chi connectivity index (χ1v) is 11.1. The second-order valence-electron chi connectivity index (χ2n) is 7.84. The van der Waals surface area contributed by atoms with Crippen LogP contribution >= 0.6 is 0 Å². The van der Waals surface area contributed by atoms with Gasteiger partial charge in [0.2, 0.25) is 6.79 Å². The van der Waals surface area contributed by atoms with Crippen LogP contribution < -0.4 is 30.3 Å². The topological polar surface area (TPSA) is 127 Å². The van der Waals surface area contributed by atoms with E-state index in [1.54, 1.807) is 42.5 Å². The number of hydrogen-bond donors (Lipinski definition) is 3. The van der Waals surface area contributed by atoms with Crippen molar-refractivity contribution < 1.29 is 28.6 Å². The Bertz CT molecular complexity index is 1270. The fourth-order valence-corrected chi connectivity index (χ4v) is 3.16. The molecule has 36 heavy (non-hydrogen) atoms. The van der Waals surface area contributed by atoms with Crippen molar-refractivity contribution in [2.24, 2.45) is 5.10 Å². The monoisotopic (exact) mass is 488 g/mol. The molecule has 0 radical (unpaired) electrons. The van der Waals surface area contributed by atoms with Gasteiger partial charge in [0.1, 0.15) is 5.75 Å². The maximum absolute atomic E-state index is 12.0. The van der Waals surface area contributed by atoms with E-state index in [9.17, 15) is 14.4 Å². The van der Waals surface area contributed by atoms with Gasteiger partial charge in [-0.2, -0.15) is 5.10 Å². The number of nitrogens with one attached hydrogen (secondary N) is 3. The largest absolute Gasteiger partial charge is 0.484 e. The molecule has 10 heteroatoms. The minimum Gasteiger partial charge on any atom is -0.484 e. The van der Waals surface area contributed by atoms with Crippen LogP contribution in [0.4, 0.5) is 5.69 Å². The molecule has 0 fully saturated rings. The first-order valence-electron chi connectivity index (χ1n) is 11.1. The Morgan fingerprint density at radius 2 is 1.69 bits per heavy atom. The highest BCUT2D eigenvalue weighted by atomic mass is 16.7. The van der Waals surface area contributed by atoms with Crippen molar-refractivity contribution in [2.45, 2.75) is 13.5 Å². The van der Waals surface area contributed by atoms with Gasteiger partial charge in [-0.15, -0.1) is 0 Å². The van der Waals surface area contributed by atoms with Crippen molar-refractivity contribution in [3.05, 3.63) is 83.4 Å². The zero-order valence-electron chi connectivity index (χ0n) is 19.4. The van der Waals surface area contributed by atoms with Crippen LogP contribution in [0.1, 0.15) is 16.7 Å². The number of benzene rings is 3. The van der Waals surface area contributed by atoms with Gasteiger partial charge >= 0.3 is 11.8 Å². The number of aryl methyl sites for hydroxylation is 1. The van der Waals surface area contributed by atoms with Crippen LogP contribution in [0.5, 0.6) is 17.2 Å². The predicted molar refractivity (Wildman–Crippen MR) is 132 cm³/mol. The molecular formula is C26H24N4O6. The van der Waals surface area contributed by atoms with Crippen LogP contribution in [0.25, 0.3) is 0 Å². The first kappa shape index (κ1) is 24.3. The normalized spacial score (nSPS) is 11.7. The lowest BCUT2D eigenvalue weighted by Gasteiger charge is -2.08. The number of amides is 3. The summed E-state index contributed by atoms with van der Waals surface area (Å²) in [6.07, 6.45) is 1.39. The number of hydrazone groups is 1. The van der Waals surface area contributed by atoms with E-state index in [4.69, 9.17) is 14.2 Å². The third kappa shape index (κ3) is 6.83. The summed E-state index contributed by atoms with van der Waals surface area (Å²) in [7, 11) is 0. The third-order valence-electron chi connectivity index (χ3n) is 5.06. The summed E-state index contributed by atoms with van der Waals surface area (Å²) in [5.74, 6) is -0.260. The van der Waals surface area contributed by atoms with E-state index in [0.29, 0.717) is 28.5 Å². The second kappa shape index (κ2) is 11.5. The number of ether oxygens (including phenoxy) is 3. The van der Waals surface area contributed by atoms with Gasteiger partial charge in [-0.05, 0) is 66.6 Å². The molecule has 0 atom stereocenters. The van der Waals surface area contributed by atoms with Gasteiger partial charge in [0.15, 0.2) is 18.1 Å². The number of nitrogens with zero attached hydrogens (tertiary/aromatic N) is 1. The fourth-order valence-electron chi connectivity index (χ4n) is 3.16. The Hall–Kier alpha value is -4.86. The molecule has 4 rings (SSSR count). The minimum absolute atomic E-state index is 0.140. The molecule has 0 aromatic heterocycles. The molecule has 0 aliphatic carbocycles. The van der Waals surface area contributed by atoms with Crippen LogP contribution in [0.3, 0.4) is 0 Å². The number of carbonyl (C=O) groups is 3. The molecule has 1 heterocycles. The lowest BCUT2D eigenvalue weighted by atomic mass is 10.2. The highest BCUT2D eigenvalue weighted by Crippen LogP contribution is 2.32. The molecule has 3 aromatic carbocycles. The van der Waals surface area contributed by atoms with E-state index in [1.165, 1.54) is 6.21 Å². The number of anilines is 1. The summed E-state index contributed by atoms with van der Waals surface area (Å²) in [4.78, 5) is 36.0. The molecule has 3 aromatic rings. The van der Waals surface area contributed by atoms with Gasteiger partial charge in [0, 0.05) is 12.2 Å². The van der Waals surface area contributed by atoms with Crippen molar-refractivity contribution >= 4 is 29.6 Å². The fraction of sp³-hybridized carbons (Fsp3) is 0.154. The predicted octanol–water partition coefficient (Wildman–Crippen LogP) is 2.51. The van der Waals surface area contributed by atoms with Gasteiger partial charge in [0.05, 0.1) is 6.21 Å². The van der Waals surface area contributed by atoms with Gasteiger partial charge in [-0.25, -0.2) is 5.43 Å². The highest BCUT2D eigenvalue weighted by molar-refractivity contribution is 6.35. The van der Waals surface area contributed by atoms with Crippen LogP contribution in [-0.2, 0) is 20.9 Å². The molecule has 0 saturated heterocycles. The highest BCUT2D eigenvalue weighted by Gasteiger charge is 2.15. The first-order chi connectivity index (χ1) is 17.5. The maximum atomic E-state index is 12.0. The van der Waals surface area contributed by atoms with Crippen LogP contribution in [0, 0.1) is 6.92 Å². The summed E-state index contributed by atoms with van der Waals surface area (Å²) in [6.45, 7) is 2.14. The average Bonchev–Trinajstić information content (AvgIpc) is 3.36. The molecule has 0 saturated carbocycles. The number of rotatable bonds is 8. The summed E-state index contributed by atoms with van der Waals surface area (Å²) in [6, 6.07) is 19.4. The molecule has 3 N–H and O–H groups in total. The Balaban J connectivity index is 1.17. The molecule has 3 amide bonds. The molecule has 0 spiro atoms. The molecule has 0 bridgehead atoms. The van der Waals surface area contributed by atoms with Crippen molar-refractivity contribution in [3.63, 3.8) is 0 Å². The van der Waals surface area contributed by atoms with Crippen molar-refractivity contribution in [3.8, 4) is 17.2 Å². The SMILES string of the molecule is Cc1ccc(NC(=O)COc2ccc(/C=N\NC(=O)C(=O)NCc3ccc4c(c3)OCO4)cc2)cc1. The number of hydrogen-bond acceptors (Lipinski definition) is 7. The lowest BCUT2D eigenvalue weighted by molar-refractivity contribution is -0.139. The molecule has 1 aliphatic heterocycles. The molecule has 1 aliphatic rings. The Labute approximate surface area is 207 Å². The minimum atomic E-state index is -0.897. The molecule has 184 valence electrons. The van der Waals surface area contributed by atoms with E-state index in [-0.39, 0.29) is 25.9 Å². The molecular weight excluding hydrogens is 464 g/mol. The van der Waals surface area contributed by atoms with E-state index in [0.717, 1.165) is 11.1 Å². The van der Waals surface area contributed by atoms with Gasteiger partial charge in [-0.1, -0.05) is 23.8 Å². The summed E-state index contributed by atoms with van der Waals surface area (Å²) < 4.78 is 16.0. The standard InChI is InChI=1S/C26H24N4O6/c1-17-2-7-20(8-3-17)29-24(31)15-34-21-9-4-18(5-10-21)14-28-30-26(33)25(32)27-13-19-6-11-22-23(12-19)36-16-35-22/h2-12,14H,13,15-16H2,1H3,(H,27,32)(H,29,31)(H,30,33)/b28-14-. The molecule has 0 unspecified atom stereocenters. The summed E-state index contributed by atoms with van der Waals surface area (Å²) in [5, 5.41) is 9.07. The van der Waals surface area contributed by atoms with Crippen molar-refractivity contribution in [1.82, 2.24) is 10.7 Å². The Morgan fingerprint density at radius 3 is 2.47 bits per heavy atom. The van der Waals surface area contributed by atoms with Gasteiger partial charge < -0.3 is 24.8 Å². The second-order valence-corrected chi connectivity index (χ2v) is 7.84. The van der Waals surface area contributed by atoms with Crippen molar-refractivity contribution in [1.29, 1.82) is 0 Å². The lowest BCUT2D eigenvalue weighted by Crippen LogP contribution is -2.37. The van der Waals surface area contributed by atoms with E-state index >= 15 is 0 Å². The number of fused-ring (bicyclic) bond motifs is 1. The van der Waals surface area contributed by atoms with E-state index in [2.05, 4.69) is 21.2 Å².